The zero-order valence-corrected chi connectivity index (χ0v) is 15.8. The predicted molar refractivity (Wildman–Crippen MR) is 98.8 cm³/mol. The quantitative estimate of drug-likeness (QED) is 0.710. The first kappa shape index (κ1) is 18.6. The molecule has 1 aromatic rings. The summed E-state index contributed by atoms with van der Waals surface area (Å²) >= 11 is 0. The van der Waals surface area contributed by atoms with Crippen LogP contribution in [0, 0.1) is 5.92 Å². The molecule has 1 aliphatic carbocycles. The van der Waals surface area contributed by atoms with Gasteiger partial charge in [0, 0.05) is 25.2 Å². The van der Waals surface area contributed by atoms with Gasteiger partial charge in [-0.05, 0) is 55.3 Å². The summed E-state index contributed by atoms with van der Waals surface area (Å²) < 4.78 is 29.5. The van der Waals surface area contributed by atoms with Gasteiger partial charge in [0.15, 0.2) is 0 Å². The van der Waals surface area contributed by atoms with Crippen molar-refractivity contribution in [2.24, 2.45) is 5.92 Å². The molecule has 0 spiro atoms. The summed E-state index contributed by atoms with van der Waals surface area (Å²) in [5, 5.41) is 10.2. The fourth-order valence-corrected chi connectivity index (χ4v) is 5.52. The molecule has 25 heavy (non-hydrogen) atoms. The standard InChI is InChI=1S/C18H29N3O3S/c1-3-8-21-12-15(20-25(23,24)19-4-2)9-14-10-16-13(11-17(14)21)6-5-7-18(16)22/h5-7,14-15,17,19-20,22H,3-4,8-12H2,1-2H3. The van der Waals surface area contributed by atoms with Gasteiger partial charge >= 0.3 is 0 Å². The van der Waals surface area contributed by atoms with E-state index in [2.05, 4.69) is 27.3 Å². The van der Waals surface area contributed by atoms with E-state index in [1.54, 1.807) is 13.0 Å². The average Bonchev–Trinajstić information content (AvgIpc) is 2.54. The molecule has 7 heteroatoms. The van der Waals surface area contributed by atoms with Crippen LogP contribution in [0.5, 0.6) is 5.75 Å². The number of phenolic OH excluding ortho intramolecular Hbond substituents is 1. The zero-order chi connectivity index (χ0) is 18.0. The molecule has 1 saturated heterocycles. The van der Waals surface area contributed by atoms with Gasteiger partial charge in [0.2, 0.25) is 0 Å². The minimum absolute atomic E-state index is 0.0933. The predicted octanol–water partition coefficient (Wildman–Crippen LogP) is 1.40. The van der Waals surface area contributed by atoms with E-state index in [0.29, 0.717) is 24.3 Å². The topological polar surface area (TPSA) is 81.7 Å². The number of nitrogens with zero attached hydrogens (tertiary/aromatic N) is 1. The Morgan fingerprint density at radius 2 is 2.08 bits per heavy atom. The molecule has 3 atom stereocenters. The Hall–Kier alpha value is -1.15. The fourth-order valence-electron chi connectivity index (χ4n) is 4.45. The highest BCUT2D eigenvalue weighted by atomic mass is 32.2. The summed E-state index contributed by atoms with van der Waals surface area (Å²) in [6.45, 7) is 6.03. The number of benzene rings is 1. The summed E-state index contributed by atoms with van der Waals surface area (Å²) in [6.07, 6.45) is 3.60. The molecule has 1 heterocycles. The van der Waals surface area contributed by atoms with Gasteiger partial charge in [-0.2, -0.15) is 13.1 Å². The molecule has 0 saturated carbocycles. The smallest absolute Gasteiger partial charge is 0.277 e. The fraction of sp³-hybridized carbons (Fsp3) is 0.667. The number of likely N-dealkylation sites (tertiary alicyclic amines) is 1. The van der Waals surface area contributed by atoms with E-state index < -0.39 is 10.2 Å². The second-order valence-electron chi connectivity index (χ2n) is 7.20. The number of hydrogen-bond acceptors (Lipinski definition) is 4. The lowest BCUT2D eigenvalue weighted by Gasteiger charge is -2.47. The van der Waals surface area contributed by atoms with E-state index in [1.165, 1.54) is 5.56 Å². The highest BCUT2D eigenvalue weighted by Crippen LogP contribution is 2.38. The van der Waals surface area contributed by atoms with Crippen LogP contribution in [0.1, 0.15) is 37.8 Å². The first-order chi connectivity index (χ1) is 11.9. The third-order valence-electron chi connectivity index (χ3n) is 5.37. The van der Waals surface area contributed by atoms with Crippen LogP contribution in [-0.2, 0) is 23.1 Å². The Bertz CT molecular complexity index is 708. The van der Waals surface area contributed by atoms with Crippen LogP contribution in [0.25, 0.3) is 0 Å². The molecule has 1 aromatic carbocycles. The number of aromatic hydroxyl groups is 1. The second-order valence-corrected chi connectivity index (χ2v) is 8.73. The molecule has 1 fully saturated rings. The largest absolute Gasteiger partial charge is 0.508 e. The second kappa shape index (κ2) is 7.61. The zero-order valence-electron chi connectivity index (χ0n) is 15.0. The highest BCUT2D eigenvalue weighted by molar-refractivity contribution is 7.87. The van der Waals surface area contributed by atoms with E-state index in [9.17, 15) is 13.5 Å². The number of rotatable bonds is 6. The van der Waals surface area contributed by atoms with E-state index in [-0.39, 0.29) is 6.04 Å². The van der Waals surface area contributed by atoms with Crippen molar-refractivity contribution >= 4 is 10.2 Å². The Labute approximate surface area is 150 Å². The summed E-state index contributed by atoms with van der Waals surface area (Å²) in [7, 11) is -3.45. The van der Waals surface area contributed by atoms with Crippen molar-refractivity contribution in [3.8, 4) is 5.75 Å². The van der Waals surface area contributed by atoms with Crippen molar-refractivity contribution in [1.82, 2.24) is 14.3 Å². The third kappa shape index (κ3) is 4.16. The number of piperidine rings is 1. The minimum Gasteiger partial charge on any atom is -0.508 e. The van der Waals surface area contributed by atoms with Crippen molar-refractivity contribution in [1.29, 1.82) is 0 Å². The van der Waals surface area contributed by atoms with Gasteiger partial charge in [0.1, 0.15) is 5.75 Å². The minimum atomic E-state index is -3.45. The maximum absolute atomic E-state index is 12.1. The number of phenols is 1. The van der Waals surface area contributed by atoms with Crippen LogP contribution in [0.4, 0.5) is 0 Å². The lowest BCUT2D eigenvalue weighted by Crippen LogP contribution is -2.59. The van der Waals surface area contributed by atoms with Gasteiger partial charge in [-0.15, -0.1) is 0 Å². The lowest BCUT2D eigenvalue weighted by atomic mass is 9.74. The van der Waals surface area contributed by atoms with E-state index in [0.717, 1.165) is 44.3 Å². The van der Waals surface area contributed by atoms with Crippen LogP contribution >= 0.6 is 0 Å². The Kier molecular flexibility index (Phi) is 5.68. The molecule has 2 aliphatic rings. The summed E-state index contributed by atoms with van der Waals surface area (Å²) in [5.41, 5.74) is 2.27. The molecule has 3 rings (SSSR count). The van der Waals surface area contributed by atoms with Gasteiger partial charge in [-0.1, -0.05) is 26.0 Å². The molecule has 0 amide bonds. The van der Waals surface area contributed by atoms with Gasteiger partial charge in [-0.25, -0.2) is 4.72 Å². The average molecular weight is 368 g/mol. The summed E-state index contributed by atoms with van der Waals surface area (Å²) in [5.74, 6) is 0.726. The number of nitrogens with one attached hydrogen (secondary N) is 2. The SMILES string of the molecule is CCCN1CC(NS(=O)(=O)NCC)CC2Cc3c(O)cccc3CC21. The lowest BCUT2D eigenvalue weighted by molar-refractivity contribution is 0.0682. The molecule has 1 aliphatic heterocycles. The molecular formula is C18H29N3O3S. The normalized spacial score (nSPS) is 26.9. The van der Waals surface area contributed by atoms with Crippen molar-refractivity contribution in [3.63, 3.8) is 0 Å². The Balaban J connectivity index is 1.81. The number of hydrogen-bond donors (Lipinski definition) is 3. The molecule has 6 nitrogen and oxygen atoms in total. The first-order valence-corrected chi connectivity index (χ1v) is 10.7. The summed E-state index contributed by atoms with van der Waals surface area (Å²) in [4.78, 5) is 2.43. The molecule has 3 N–H and O–H groups in total. The van der Waals surface area contributed by atoms with Gasteiger partial charge < -0.3 is 5.11 Å². The highest BCUT2D eigenvalue weighted by Gasteiger charge is 2.40. The molecule has 0 aromatic heterocycles. The monoisotopic (exact) mass is 367 g/mol. The molecule has 0 radical (unpaired) electrons. The Morgan fingerprint density at radius 3 is 2.80 bits per heavy atom. The van der Waals surface area contributed by atoms with E-state index in [4.69, 9.17) is 0 Å². The third-order valence-corrected chi connectivity index (χ3v) is 6.68. The van der Waals surface area contributed by atoms with Crippen LogP contribution < -0.4 is 9.44 Å². The molecule has 140 valence electrons. The molecule has 0 bridgehead atoms. The van der Waals surface area contributed by atoms with Gasteiger partial charge in [0.25, 0.3) is 10.2 Å². The van der Waals surface area contributed by atoms with Crippen LogP contribution in [0.2, 0.25) is 0 Å². The molecule has 3 unspecified atom stereocenters. The van der Waals surface area contributed by atoms with Crippen molar-refractivity contribution in [3.05, 3.63) is 29.3 Å². The molecular weight excluding hydrogens is 338 g/mol. The first-order valence-electron chi connectivity index (χ1n) is 9.24. The number of fused-ring (bicyclic) bond motifs is 2. The maximum Gasteiger partial charge on any atom is 0.277 e. The van der Waals surface area contributed by atoms with Crippen LogP contribution in [0.3, 0.4) is 0 Å². The summed E-state index contributed by atoms with van der Waals surface area (Å²) in [6, 6.07) is 6.10. The maximum atomic E-state index is 12.1. The van der Waals surface area contributed by atoms with Crippen molar-refractivity contribution < 1.29 is 13.5 Å². The van der Waals surface area contributed by atoms with Crippen LogP contribution in [-0.4, -0.2) is 50.1 Å². The van der Waals surface area contributed by atoms with Gasteiger partial charge in [-0.3, -0.25) is 4.90 Å². The van der Waals surface area contributed by atoms with E-state index in [1.807, 2.05) is 6.07 Å². The van der Waals surface area contributed by atoms with Crippen molar-refractivity contribution in [2.45, 2.75) is 51.6 Å². The van der Waals surface area contributed by atoms with Crippen LogP contribution in [0.15, 0.2) is 18.2 Å². The van der Waals surface area contributed by atoms with Gasteiger partial charge in [0.05, 0.1) is 0 Å². The van der Waals surface area contributed by atoms with E-state index >= 15 is 0 Å². The Morgan fingerprint density at radius 1 is 1.28 bits per heavy atom. The van der Waals surface area contributed by atoms with Crippen molar-refractivity contribution in [2.75, 3.05) is 19.6 Å².